The van der Waals surface area contributed by atoms with Crippen molar-refractivity contribution in [2.75, 3.05) is 6.79 Å². The predicted molar refractivity (Wildman–Crippen MR) is 100 cm³/mol. The molecule has 0 aliphatic carbocycles. The summed E-state index contributed by atoms with van der Waals surface area (Å²) in [6.07, 6.45) is 5.19. The predicted octanol–water partition coefficient (Wildman–Crippen LogP) is 4.32. The first-order chi connectivity index (χ1) is 12.3. The summed E-state index contributed by atoms with van der Waals surface area (Å²) in [5, 5.41) is 4.67. The van der Waals surface area contributed by atoms with Gasteiger partial charge in [-0.05, 0) is 42.7 Å². The van der Waals surface area contributed by atoms with Crippen LogP contribution in [-0.2, 0) is 0 Å². The van der Waals surface area contributed by atoms with Crippen molar-refractivity contribution in [3.05, 3.63) is 65.2 Å². The molecule has 0 aromatic heterocycles. The molecule has 0 fully saturated rings. The molecule has 1 N–H and O–H groups in total. The van der Waals surface area contributed by atoms with Crippen molar-refractivity contribution < 1.29 is 9.47 Å². The van der Waals surface area contributed by atoms with Crippen LogP contribution in [0.4, 0.5) is 0 Å². The van der Waals surface area contributed by atoms with E-state index < -0.39 is 0 Å². The van der Waals surface area contributed by atoms with Crippen LogP contribution >= 0.6 is 0 Å². The molecular formula is C21H22N2O2. The first-order valence-corrected chi connectivity index (χ1v) is 8.76. The fourth-order valence-electron chi connectivity index (χ4n) is 3.52. The molecule has 0 saturated carbocycles. The Morgan fingerprint density at radius 2 is 1.88 bits per heavy atom. The monoisotopic (exact) mass is 334 g/mol. The van der Waals surface area contributed by atoms with E-state index in [0.717, 1.165) is 34.8 Å². The highest BCUT2D eigenvalue weighted by Gasteiger charge is 2.28. The standard InChI is InChI=1S/C21H22N2O2/c1-3-16-14(2)22-23-19(10-9-15-7-5-4-6-8-15)18-12-21-20(11-17(16)18)24-13-25-21/h4-12,14,16,22H,3,13H2,1-2H3. The molecule has 4 heteroatoms. The first kappa shape index (κ1) is 15.8. The summed E-state index contributed by atoms with van der Waals surface area (Å²) < 4.78 is 11.2. The summed E-state index contributed by atoms with van der Waals surface area (Å²) in [5.41, 5.74) is 7.75. The van der Waals surface area contributed by atoms with Crippen molar-refractivity contribution in [2.24, 2.45) is 5.10 Å². The number of rotatable bonds is 3. The quantitative estimate of drug-likeness (QED) is 0.909. The van der Waals surface area contributed by atoms with Crippen molar-refractivity contribution in [3.8, 4) is 11.5 Å². The van der Waals surface area contributed by atoms with Crippen LogP contribution < -0.4 is 14.9 Å². The minimum absolute atomic E-state index is 0.256. The second kappa shape index (κ2) is 6.63. The van der Waals surface area contributed by atoms with Crippen molar-refractivity contribution in [1.82, 2.24) is 5.43 Å². The third-order valence-corrected chi connectivity index (χ3v) is 4.89. The number of hydrogen-bond acceptors (Lipinski definition) is 4. The van der Waals surface area contributed by atoms with Crippen LogP contribution in [0.5, 0.6) is 11.5 Å². The van der Waals surface area contributed by atoms with Crippen LogP contribution in [0.25, 0.3) is 6.08 Å². The third-order valence-electron chi connectivity index (χ3n) is 4.89. The molecule has 0 saturated heterocycles. The Morgan fingerprint density at radius 1 is 1.12 bits per heavy atom. The van der Waals surface area contributed by atoms with Gasteiger partial charge in [0.05, 0.1) is 5.71 Å². The average Bonchev–Trinajstić information content (AvgIpc) is 3.05. The molecule has 2 aromatic rings. The molecular weight excluding hydrogens is 312 g/mol. The second-order valence-corrected chi connectivity index (χ2v) is 6.47. The molecule has 0 bridgehead atoms. The van der Waals surface area contributed by atoms with Gasteiger partial charge in [0.1, 0.15) is 0 Å². The molecule has 4 nitrogen and oxygen atoms in total. The van der Waals surface area contributed by atoms with E-state index in [9.17, 15) is 0 Å². The second-order valence-electron chi connectivity index (χ2n) is 6.47. The van der Waals surface area contributed by atoms with E-state index in [1.54, 1.807) is 0 Å². The van der Waals surface area contributed by atoms with Gasteiger partial charge >= 0.3 is 0 Å². The van der Waals surface area contributed by atoms with Crippen LogP contribution in [0.2, 0.25) is 0 Å². The largest absolute Gasteiger partial charge is 0.454 e. The highest BCUT2D eigenvalue weighted by molar-refractivity contribution is 6.12. The number of fused-ring (bicyclic) bond motifs is 2. The minimum atomic E-state index is 0.256. The van der Waals surface area contributed by atoms with E-state index in [4.69, 9.17) is 9.47 Å². The molecule has 2 aromatic carbocycles. The van der Waals surface area contributed by atoms with Crippen LogP contribution in [-0.4, -0.2) is 18.5 Å². The Kier molecular flexibility index (Phi) is 4.18. The smallest absolute Gasteiger partial charge is 0.231 e. The summed E-state index contributed by atoms with van der Waals surface area (Å²) in [7, 11) is 0. The zero-order valence-electron chi connectivity index (χ0n) is 14.5. The maximum absolute atomic E-state index is 5.60. The summed E-state index contributed by atoms with van der Waals surface area (Å²) >= 11 is 0. The highest BCUT2D eigenvalue weighted by atomic mass is 16.7. The molecule has 0 radical (unpaired) electrons. The Labute approximate surface area is 148 Å². The average molecular weight is 334 g/mol. The number of ether oxygens (including phenoxy) is 2. The van der Waals surface area contributed by atoms with Crippen molar-refractivity contribution >= 4 is 11.8 Å². The third kappa shape index (κ3) is 3.00. The van der Waals surface area contributed by atoms with Crippen LogP contribution in [0.1, 0.15) is 42.9 Å². The number of hydrazone groups is 1. The summed E-state index contributed by atoms with van der Waals surface area (Å²) in [5.74, 6) is 2.00. The van der Waals surface area contributed by atoms with Gasteiger partial charge in [-0.2, -0.15) is 5.10 Å². The van der Waals surface area contributed by atoms with Crippen LogP contribution in [0, 0.1) is 0 Å². The van der Waals surface area contributed by atoms with E-state index in [1.165, 1.54) is 5.56 Å². The molecule has 2 atom stereocenters. The van der Waals surface area contributed by atoms with Gasteiger partial charge in [0.2, 0.25) is 6.79 Å². The highest BCUT2D eigenvalue weighted by Crippen LogP contribution is 2.40. The van der Waals surface area contributed by atoms with Crippen molar-refractivity contribution in [3.63, 3.8) is 0 Å². The van der Waals surface area contributed by atoms with Gasteiger partial charge in [-0.1, -0.05) is 43.3 Å². The topological polar surface area (TPSA) is 42.9 Å². The van der Waals surface area contributed by atoms with Crippen molar-refractivity contribution in [2.45, 2.75) is 32.2 Å². The lowest BCUT2D eigenvalue weighted by Gasteiger charge is -2.22. The molecule has 2 aliphatic rings. The van der Waals surface area contributed by atoms with Gasteiger partial charge in [-0.3, -0.25) is 0 Å². The van der Waals surface area contributed by atoms with Crippen LogP contribution in [0.3, 0.4) is 0 Å². The number of hydrogen-bond donors (Lipinski definition) is 1. The summed E-state index contributed by atoms with van der Waals surface area (Å²) in [4.78, 5) is 0. The van der Waals surface area contributed by atoms with Gasteiger partial charge in [0, 0.05) is 17.5 Å². The maximum atomic E-state index is 5.60. The molecule has 25 heavy (non-hydrogen) atoms. The normalized spacial score (nSPS) is 21.4. The fraction of sp³-hybridized carbons (Fsp3) is 0.286. The lowest BCUT2D eigenvalue weighted by molar-refractivity contribution is 0.174. The molecule has 2 unspecified atom stereocenters. The van der Waals surface area contributed by atoms with Gasteiger partial charge in [0.25, 0.3) is 0 Å². The Hall–Kier alpha value is -2.75. The first-order valence-electron chi connectivity index (χ1n) is 8.76. The van der Waals surface area contributed by atoms with E-state index in [1.807, 2.05) is 18.2 Å². The zero-order chi connectivity index (χ0) is 17.2. The maximum Gasteiger partial charge on any atom is 0.231 e. The number of allylic oxidation sites excluding steroid dienone is 1. The SMILES string of the molecule is CCC1c2cc3c(cc2C(C=Cc2ccccc2)=NNC1C)OCO3. The van der Waals surface area contributed by atoms with E-state index in [-0.39, 0.29) is 12.8 Å². The summed E-state index contributed by atoms with van der Waals surface area (Å²) in [6, 6.07) is 14.7. The van der Waals surface area contributed by atoms with Crippen molar-refractivity contribution in [1.29, 1.82) is 0 Å². The lowest BCUT2D eigenvalue weighted by atomic mass is 9.85. The molecule has 0 spiro atoms. The van der Waals surface area contributed by atoms with E-state index in [0.29, 0.717) is 5.92 Å². The molecule has 4 rings (SSSR count). The Morgan fingerprint density at radius 3 is 2.64 bits per heavy atom. The van der Waals surface area contributed by atoms with Gasteiger partial charge in [-0.15, -0.1) is 0 Å². The number of benzene rings is 2. The number of nitrogens with one attached hydrogen (secondary N) is 1. The molecule has 2 heterocycles. The molecule has 2 aliphatic heterocycles. The molecule has 128 valence electrons. The lowest BCUT2D eigenvalue weighted by Crippen LogP contribution is -2.26. The van der Waals surface area contributed by atoms with Gasteiger partial charge < -0.3 is 14.9 Å². The van der Waals surface area contributed by atoms with Gasteiger partial charge in [-0.25, -0.2) is 0 Å². The van der Waals surface area contributed by atoms with Gasteiger partial charge in [0.15, 0.2) is 11.5 Å². The minimum Gasteiger partial charge on any atom is -0.454 e. The Bertz CT molecular complexity index is 827. The van der Waals surface area contributed by atoms with E-state index >= 15 is 0 Å². The fourth-order valence-corrected chi connectivity index (χ4v) is 3.52. The summed E-state index contributed by atoms with van der Waals surface area (Å²) in [6.45, 7) is 4.67. The number of nitrogens with zero attached hydrogens (tertiary/aromatic N) is 1. The zero-order valence-corrected chi connectivity index (χ0v) is 14.5. The van der Waals surface area contributed by atoms with Crippen LogP contribution in [0.15, 0.2) is 53.6 Å². The Balaban J connectivity index is 1.79. The van der Waals surface area contributed by atoms with E-state index in [2.05, 4.69) is 60.8 Å². The molecule has 0 amide bonds.